The topological polar surface area (TPSA) is 12.0 Å². The number of thioether (sulfide) groups is 1. The van der Waals surface area contributed by atoms with Crippen molar-refractivity contribution in [1.82, 2.24) is 5.32 Å². The van der Waals surface area contributed by atoms with Crippen molar-refractivity contribution < 1.29 is 0 Å². The highest BCUT2D eigenvalue weighted by molar-refractivity contribution is 7.99. The highest BCUT2D eigenvalue weighted by atomic mass is 32.2. The van der Waals surface area contributed by atoms with Crippen LogP contribution in [-0.2, 0) is 5.41 Å². The van der Waals surface area contributed by atoms with E-state index in [-0.39, 0.29) is 0 Å². The zero-order chi connectivity index (χ0) is 12.3. The zero-order valence-electron chi connectivity index (χ0n) is 11.1. The van der Waals surface area contributed by atoms with Crippen molar-refractivity contribution in [3.8, 4) is 0 Å². The third kappa shape index (κ3) is 3.05. The summed E-state index contributed by atoms with van der Waals surface area (Å²) in [6, 6.07) is 9.04. The molecule has 1 aromatic rings. The number of rotatable bonds is 5. The van der Waals surface area contributed by atoms with Crippen LogP contribution >= 0.6 is 11.8 Å². The highest BCUT2D eigenvalue weighted by Crippen LogP contribution is 2.34. The molecule has 0 aliphatic carbocycles. The minimum atomic E-state index is 0.411. The van der Waals surface area contributed by atoms with Gasteiger partial charge in [0, 0.05) is 18.5 Å². The molecule has 0 amide bonds. The largest absolute Gasteiger partial charge is 0.315 e. The van der Waals surface area contributed by atoms with Crippen LogP contribution in [0.15, 0.2) is 24.3 Å². The van der Waals surface area contributed by atoms with Gasteiger partial charge in [0.1, 0.15) is 0 Å². The number of hydrogen-bond acceptors (Lipinski definition) is 2. The number of hydrogen-bond donors (Lipinski definition) is 1. The van der Waals surface area contributed by atoms with Gasteiger partial charge >= 0.3 is 0 Å². The lowest BCUT2D eigenvalue weighted by Crippen LogP contribution is -2.57. The van der Waals surface area contributed by atoms with Crippen LogP contribution in [0.25, 0.3) is 0 Å². The molecule has 2 heteroatoms. The van der Waals surface area contributed by atoms with Crippen molar-refractivity contribution in [2.75, 3.05) is 18.8 Å². The fourth-order valence-corrected chi connectivity index (χ4v) is 3.40. The van der Waals surface area contributed by atoms with Gasteiger partial charge in [-0.05, 0) is 29.9 Å². The SMILES string of the molecule is Cc1cccc(C2(CCSC(C)C)CNC2)c1. The maximum absolute atomic E-state index is 3.45. The predicted octanol–water partition coefficient (Wildman–Crippen LogP) is 3.37. The van der Waals surface area contributed by atoms with E-state index in [4.69, 9.17) is 0 Å². The molecule has 1 fully saturated rings. The smallest absolute Gasteiger partial charge is 0.0210 e. The van der Waals surface area contributed by atoms with Gasteiger partial charge in [-0.1, -0.05) is 43.7 Å². The first-order valence-corrected chi connectivity index (χ1v) is 7.57. The molecule has 1 aliphatic rings. The minimum Gasteiger partial charge on any atom is -0.315 e. The average Bonchev–Trinajstić information content (AvgIpc) is 2.21. The molecule has 1 heterocycles. The van der Waals surface area contributed by atoms with Crippen molar-refractivity contribution in [3.05, 3.63) is 35.4 Å². The summed E-state index contributed by atoms with van der Waals surface area (Å²) in [6.45, 7) is 9.04. The molecule has 0 saturated carbocycles. The molecule has 0 aromatic heterocycles. The van der Waals surface area contributed by atoms with Crippen LogP contribution in [0.4, 0.5) is 0 Å². The second-order valence-corrected chi connectivity index (χ2v) is 7.11. The number of benzene rings is 1. The Morgan fingerprint density at radius 1 is 1.35 bits per heavy atom. The first-order chi connectivity index (χ1) is 8.12. The molecule has 0 radical (unpaired) electrons. The Balaban J connectivity index is 2.04. The quantitative estimate of drug-likeness (QED) is 0.858. The van der Waals surface area contributed by atoms with Gasteiger partial charge in [0.05, 0.1) is 0 Å². The van der Waals surface area contributed by atoms with Crippen molar-refractivity contribution in [2.24, 2.45) is 0 Å². The Hall–Kier alpha value is -0.470. The van der Waals surface area contributed by atoms with Crippen LogP contribution in [0.1, 0.15) is 31.4 Å². The molecular weight excluding hydrogens is 226 g/mol. The first-order valence-electron chi connectivity index (χ1n) is 6.52. The summed E-state index contributed by atoms with van der Waals surface area (Å²) < 4.78 is 0. The molecule has 1 saturated heterocycles. The van der Waals surface area contributed by atoms with Crippen molar-refractivity contribution in [2.45, 2.75) is 37.9 Å². The molecule has 1 nitrogen and oxygen atoms in total. The van der Waals surface area contributed by atoms with Gasteiger partial charge in [-0.3, -0.25) is 0 Å². The monoisotopic (exact) mass is 249 g/mol. The molecule has 94 valence electrons. The van der Waals surface area contributed by atoms with Crippen LogP contribution in [0.3, 0.4) is 0 Å². The van der Waals surface area contributed by atoms with Crippen LogP contribution in [-0.4, -0.2) is 24.1 Å². The van der Waals surface area contributed by atoms with Crippen LogP contribution < -0.4 is 5.32 Å². The summed E-state index contributed by atoms with van der Waals surface area (Å²) >= 11 is 2.08. The fraction of sp³-hybridized carbons (Fsp3) is 0.600. The van der Waals surface area contributed by atoms with Gasteiger partial charge in [0.2, 0.25) is 0 Å². The Kier molecular flexibility index (Phi) is 4.16. The third-order valence-corrected chi connectivity index (χ3v) is 4.70. The lowest BCUT2D eigenvalue weighted by atomic mass is 9.73. The lowest BCUT2D eigenvalue weighted by molar-refractivity contribution is 0.269. The minimum absolute atomic E-state index is 0.411. The van der Waals surface area contributed by atoms with Gasteiger partial charge in [0.15, 0.2) is 0 Å². The first kappa shape index (κ1) is 13.0. The molecule has 0 unspecified atom stereocenters. The van der Waals surface area contributed by atoms with Crippen molar-refractivity contribution in [3.63, 3.8) is 0 Å². The van der Waals surface area contributed by atoms with E-state index in [1.807, 2.05) is 0 Å². The van der Waals surface area contributed by atoms with Crippen molar-refractivity contribution >= 4 is 11.8 Å². The molecule has 0 atom stereocenters. The zero-order valence-corrected chi connectivity index (χ0v) is 11.9. The molecule has 0 bridgehead atoms. The van der Waals surface area contributed by atoms with Gasteiger partial charge in [-0.2, -0.15) is 11.8 Å². The molecule has 1 N–H and O–H groups in total. The number of nitrogens with one attached hydrogen (secondary N) is 1. The summed E-state index contributed by atoms with van der Waals surface area (Å²) in [5.74, 6) is 1.27. The maximum Gasteiger partial charge on any atom is 0.0210 e. The van der Waals surface area contributed by atoms with E-state index >= 15 is 0 Å². The molecule has 1 aromatic carbocycles. The van der Waals surface area contributed by atoms with Gasteiger partial charge < -0.3 is 5.32 Å². The fourth-order valence-electron chi connectivity index (χ4n) is 2.42. The predicted molar refractivity (Wildman–Crippen MR) is 77.9 cm³/mol. The average molecular weight is 249 g/mol. The molecule has 1 aliphatic heterocycles. The van der Waals surface area contributed by atoms with E-state index in [9.17, 15) is 0 Å². The summed E-state index contributed by atoms with van der Waals surface area (Å²) in [7, 11) is 0. The van der Waals surface area contributed by atoms with E-state index in [0.717, 1.165) is 18.3 Å². The summed E-state index contributed by atoms with van der Waals surface area (Å²) in [5, 5.41) is 4.20. The van der Waals surface area contributed by atoms with E-state index < -0.39 is 0 Å². The summed E-state index contributed by atoms with van der Waals surface area (Å²) in [5.41, 5.74) is 3.32. The van der Waals surface area contributed by atoms with E-state index in [2.05, 4.69) is 62.1 Å². The van der Waals surface area contributed by atoms with Crippen molar-refractivity contribution in [1.29, 1.82) is 0 Å². The highest BCUT2D eigenvalue weighted by Gasteiger charge is 2.37. The summed E-state index contributed by atoms with van der Waals surface area (Å²) in [4.78, 5) is 0. The van der Waals surface area contributed by atoms with Gasteiger partial charge in [-0.25, -0.2) is 0 Å². The Labute approximate surface area is 109 Å². The lowest BCUT2D eigenvalue weighted by Gasteiger charge is -2.43. The standard InChI is InChI=1S/C15H23NS/c1-12(2)17-8-7-15(10-16-11-15)14-6-4-5-13(3)9-14/h4-6,9,12,16H,7-8,10-11H2,1-3H3. The van der Waals surface area contributed by atoms with Gasteiger partial charge in [-0.15, -0.1) is 0 Å². The van der Waals surface area contributed by atoms with Crippen LogP contribution in [0.5, 0.6) is 0 Å². The van der Waals surface area contributed by atoms with E-state index in [0.29, 0.717) is 5.41 Å². The Bertz CT molecular complexity index is 369. The molecule has 2 rings (SSSR count). The molecular formula is C15H23NS. The van der Waals surface area contributed by atoms with Crippen LogP contribution in [0, 0.1) is 6.92 Å². The second kappa shape index (κ2) is 5.45. The normalized spacial score (nSPS) is 18.1. The van der Waals surface area contributed by atoms with Crippen LogP contribution in [0.2, 0.25) is 0 Å². The van der Waals surface area contributed by atoms with E-state index in [1.165, 1.54) is 23.3 Å². The number of aryl methyl sites for hydroxylation is 1. The Morgan fingerprint density at radius 3 is 2.65 bits per heavy atom. The molecule has 17 heavy (non-hydrogen) atoms. The summed E-state index contributed by atoms with van der Waals surface area (Å²) in [6.07, 6.45) is 1.30. The Morgan fingerprint density at radius 2 is 2.12 bits per heavy atom. The van der Waals surface area contributed by atoms with E-state index in [1.54, 1.807) is 0 Å². The third-order valence-electron chi connectivity index (χ3n) is 3.59. The van der Waals surface area contributed by atoms with Gasteiger partial charge in [0.25, 0.3) is 0 Å². The molecule has 0 spiro atoms. The second-order valence-electron chi connectivity index (χ2n) is 5.42. The maximum atomic E-state index is 3.45.